The van der Waals surface area contributed by atoms with Crippen LogP contribution < -0.4 is 20.5 Å². The molecule has 0 aliphatic carbocycles. The lowest BCUT2D eigenvalue weighted by atomic mass is 10.2. The smallest absolute Gasteiger partial charge is 0.278 e. The van der Waals surface area contributed by atoms with Crippen LogP contribution >= 0.6 is 0 Å². The summed E-state index contributed by atoms with van der Waals surface area (Å²) in [6, 6.07) is 18.9. The Morgan fingerprint density at radius 1 is 1.11 bits per heavy atom. The van der Waals surface area contributed by atoms with E-state index >= 15 is 0 Å². The average molecular weight is 378 g/mol. The Bertz CT molecular complexity index is 1010. The lowest BCUT2D eigenvalue weighted by molar-refractivity contribution is -0.123. The molecule has 28 heavy (non-hydrogen) atoms. The number of nitrogens with zero attached hydrogens (tertiary/aromatic N) is 3. The van der Waals surface area contributed by atoms with E-state index < -0.39 is 5.91 Å². The van der Waals surface area contributed by atoms with Gasteiger partial charge in [-0.1, -0.05) is 18.2 Å². The van der Waals surface area contributed by atoms with E-state index in [0.717, 1.165) is 11.3 Å². The minimum Gasteiger partial charge on any atom is -0.497 e. The predicted molar refractivity (Wildman–Crippen MR) is 104 cm³/mol. The maximum Gasteiger partial charge on any atom is 0.278 e. The predicted octanol–water partition coefficient (Wildman–Crippen LogP) is 1.77. The summed E-state index contributed by atoms with van der Waals surface area (Å²) >= 11 is 0. The molecule has 0 atom stereocenters. The average Bonchev–Trinajstić information content (AvgIpc) is 2.74. The SMILES string of the molecule is COc1ccc(C=NNC(=O)COc2ccc(=O)n(-c3ccccc3)n2)cc1. The van der Waals surface area contributed by atoms with E-state index in [1.165, 1.54) is 23.0 Å². The number of methoxy groups -OCH3 is 1. The molecule has 8 nitrogen and oxygen atoms in total. The molecule has 1 amide bonds. The molecular formula is C20H18N4O4. The molecular weight excluding hydrogens is 360 g/mol. The van der Waals surface area contributed by atoms with Crippen molar-refractivity contribution < 1.29 is 14.3 Å². The molecule has 0 saturated heterocycles. The summed E-state index contributed by atoms with van der Waals surface area (Å²) in [6.45, 7) is -0.292. The van der Waals surface area contributed by atoms with Crippen molar-refractivity contribution in [2.45, 2.75) is 0 Å². The van der Waals surface area contributed by atoms with Crippen LogP contribution in [0, 0.1) is 0 Å². The third-order valence-electron chi connectivity index (χ3n) is 3.65. The van der Waals surface area contributed by atoms with E-state index in [1.54, 1.807) is 43.5 Å². The quantitative estimate of drug-likeness (QED) is 0.499. The maximum atomic E-state index is 12.0. The molecule has 0 spiro atoms. The monoisotopic (exact) mass is 378 g/mol. The van der Waals surface area contributed by atoms with Crippen molar-refractivity contribution in [1.29, 1.82) is 0 Å². The molecule has 0 radical (unpaired) electrons. The molecule has 3 rings (SSSR count). The van der Waals surface area contributed by atoms with Gasteiger partial charge >= 0.3 is 0 Å². The third-order valence-corrected chi connectivity index (χ3v) is 3.65. The highest BCUT2D eigenvalue weighted by molar-refractivity contribution is 5.83. The Morgan fingerprint density at radius 2 is 1.86 bits per heavy atom. The molecule has 0 bridgehead atoms. The van der Waals surface area contributed by atoms with Gasteiger partial charge < -0.3 is 9.47 Å². The van der Waals surface area contributed by atoms with Gasteiger partial charge in [0.15, 0.2) is 6.61 Å². The second kappa shape index (κ2) is 9.13. The summed E-state index contributed by atoms with van der Waals surface area (Å²) in [5.74, 6) is 0.431. The number of aromatic nitrogens is 2. The second-order valence-electron chi connectivity index (χ2n) is 5.61. The van der Waals surface area contributed by atoms with E-state index in [2.05, 4.69) is 15.6 Å². The van der Waals surface area contributed by atoms with Crippen molar-refractivity contribution in [1.82, 2.24) is 15.2 Å². The topological polar surface area (TPSA) is 94.8 Å². The summed E-state index contributed by atoms with van der Waals surface area (Å²) in [7, 11) is 1.59. The van der Waals surface area contributed by atoms with E-state index in [-0.39, 0.29) is 18.0 Å². The zero-order chi connectivity index (χ0) is 19.8. The van der Waals surface area contributed by atoms with Gasteiger partial charge in [-0.2, -0.15) is 9.78 Å². The molecule has 1 aromatic heterocycles. The van der Waals surface area contributed by atoms with Gasteiger partial charge in [-0.15, -0.1) is 5.10 Å². The Labute approximate surface area is 161 Å². The fourth-order valence-electron chi connectivity index (χ4n) is 2.27. The van der Waals surface area contributed by atoms with Crippen molar-refractivity contribution >= 4 is 12.1 Å². The van der Waals surface area contributed by atoms with Crippen LogP contribution in [0.4, 0.5) is 0 Å². The number of carbonyl (C=O) groups is 1. The molecule has 0 aliphatic rings. The van der Waals surface area contributed by atoms with Gasteiger partial charge in [-0.05, 0) is 42.0 Å². The van der Waals surface area contributed by atoms with E-state index in [0.29, 0.717) is 5.69 Å². The Morgan fingerprint density at radius 3 is 2.57 bits per heavy atom. The molecule has 0 aliphatic heterocycles. The molecule has 1 heterocycles. The van der Waals surface area contributed by atoms with Crippen molar-refractivity contribution in [3.8, 4) is 17.3 Å². The van der Waals surface area contributed by atoms with Gasteiger partial charge in [0.05, 0.1) is 19.0 Å². The molecule has 0 unspecified atom stereocenters. The van der Waals surface area contributed by atoms with Gasteiger partial charge in [0.25, 0.3) is 11.5 Å². The highest BCUT2D eigenvalue weighted by Gasteiger charge is 2.06. The van der Waals surface area contributed by atoms with Crippen molar-refractivity contribution in [2.75, 3.05) is 13.7 Å². The van der Waals surface area contributed by atoms with E-state index in [4.69, 9.17) is 9.47 Å². The number of benzene rings is 2. The normalized spacial score (nSPS) is 10.6. The van der Waals surface area contributed by atoms with E-state index in [1.807, 2.05) is 18.2 Å². The second-order valence-corrected chi connectivity index (χ2v) is 5.61. The zero-order valence-electron chi connectivity index (χ0n) is 15.1. The van der Waals surface area contributed by atoms with E-state index in [9.17, 15) is 9.59 Å². The van der Waals surface area contributed by atoms with Gasteiger partial charge in [-0.25, -0.2) is 5.43 Å². The van der Waals surface area contributed by atoms with Crippen molar-refractivity contribution in [3.63, 3.8) is 0 Å². The Hall–Kier alpha value is -3.94. The van der Waals surface area contributed by atoms with Crippen LogP contribution in [0.15, 0.2) is 76.6 Å². The first-order valence-corrected chi connectivity index (χ1v) is 8.40. The van der Waals surface area contributed by atoms with Crippen LogP contribution in [0.1, 0.15) is 5.56 Å². The Balaban J connectivity index is 1.55. The summed E-state index contributed by atoms with van der Waals surface area (Å²) < 4.78 is 11.6. The fraction of sp³-hybridized carbons (Fsp3) is 0.100. The number of nitrogens with one attached hydrogen (secondary N) is 1. The third kappa shape index (κ3) is 5.04. The van der Waals surface area contributed by atoms with Crippen LogP contribution in [0.25, 0.3) is 5.69 Å². The summed E-state index contributed by atoms with van der Waals surface area (Å²) in [5, 5.41) is 7.98. The molecule has 3 aromatic rings. The lowest BCUT2D eigenvalue weighted by Crippen LogP contribution is -2.26. The van der Waals surface area contributed by atoms with Crippen LogP contribution in [-0.4, -0.2) is 35.6 Å². The number of hydrogen-bond acceptors (Lipinski definition) is 6. The summed E-state index contributed by atoms with van der Waals surface area (Å²) in [6.07, 6.45) is 1.51. The van der Waals surface area contributed by atoms with Gasteiger partial charge in [0, 0.05) is 12.1 Å². The number of amides is 1. The van der Waals surface area contributed by atoms with Crippen molar-refractivity contribution in [3.05, 3.63) is 82.6 Å². The number of ether oxygens (including phenoxy) is 2. The minimum absolute atomic E-state index is 0.151. The molecule has 0 fully saturated rings. The first-order valence-electron chi connectivity index (χ1n) is 8.40. The number of carbonyl (C=O) groups excluding carboxylic acids is 1. The van der Waals surface area contributed by atoms with Crippen LogP contribution in [0.2, 0.25) is 0 Å². The number of hydrogen-bond donors (Lipinski definition) is 1. The minimum atomic E-state index is -0.455. The molecule has 8 heteroatoms. The van der Waals surface area contributed by atoms with Gasteiger partial charge in [0.1, 0.15) is 5.75 Å². The number of para-hydroxylation sites is 1. The van der Waals surface area contributed by atoms with Crippen LogP contribution in [-0.2, 0) is 4.79 Å². The molecule has 0 saturated carbocycles. The summed E-state index contributed by atoms with van der Waals surface area (Å²) in [5.41, 5.74) is 3.47. The molecule has 1 N–H and O–H groups in total. The number of rotatable bonds is 7. The maximum absolute atomic E-state index is 12.0. The highest BCUT2D eigenvalue weighted by atomic mass is 16.5. The first kappa shape index (κ1) is 18.8. The Kier molecular flexibility index (Phi) is 6.14. The van der Waals surface area contributed by atoms with Crippen LogP contribution in [0.5, 0.6) is 11.6 Å². The standard InChI is InChI=1S/C20H18N4O4/c1-27-17-9-7-15(8-10-17)13-21-22-18(25)14-28-19-11-12-20(26)24(23-19)16-5-3-2-4-6-16/h2-13H,14H2,1H3,(H,22,25). The number of hydrazone groups is 1. The molecule has 2 aromatic carbocycles. The fourth-order valence-corrected chi connectivity index (χ4v) is 2.27. The van der Waals surface area contributed by atoms with Gasteiger partial charge in [0.2, 0.25) is 5.88 Å². The first-order chi connectivity index (χ1) is 13.7. The largest absolute Gasteiger partial charge is 0.497 e. The summed E-state index contributed by atoms with van der Waals surface area (Å²) in [4.78, 5) is 23.8. The van der Waals surface area contributed by atoms with Crippen molar-refractivity contribution in [2.24, 2.45) is 5.10 Å². The van der Waals surface area contributed by atoms with Gasteiger partial charge in [-0.3, -0.25) is 9.59 Å². The van der Waals surface area contributed by atoms with Crippen LogP contribution in [0.3, 0.4) is 0 Å². The molecule has 142 valence electrons. The highest BCUT2D eigenvalue weighted by Crippen LogP contribution is 2.09. The lowest BCUT2D eigenvalue weighted by Gasteiger charge is -2.07. The zero-order valence-corrected chi connectivity index (χ0v) is 15.1.